The second-order valence-electron chi connectivity index (χ2n) is 4.37. The Morgan fingerprint density at radius 2 is 2.20 bits per heavy atom. The molecular weight excluding hydrogens is 296 g/mol. The molecule has 2 heterocycles. The molecule has 0 saturated carbocycles. The molecule has 8 heteroatoms. The quantitative estimate of drug-likeness (QED) is 0.720. The number of H-pyrrole nitrogens is 1. The fourth-order valence-corrected chi connectivity index (χ4v) is 3.90. The van der Waals surface area contributed by atoms with E-state index in [1.807, 2.05) is 13.8 Å². The predicted octanol–water partition coefficient (Wildman–Crippen LogP) is 1.37. The van der Waals surface area contributed by atoms with Crippen LogP contribution in [-0.4, -0.2) is 25.2 Å². The van der Waals surface area contributed by atoms with Crippen LogP contribution in [0, 0.1) is 6.92 Å². The van der Waals surface area contributed by atoms with Gasteiger partial charge in [-0.25, -0.2) is 13.1 Å². The third kappa shape index (κ3) is 3.66. The van der Waals surface area contributed by atoms with E-state index in [2.05, 4.69) is 20.2 Å². The fraction of sp³-hybridized carbons (Fsp3) is 0.417. The summed E-state index contributed by atoms with van der Waals surface area (Å²) in [5, 5.41) is 11.5. The first kappa shape index (κ1) is 15.2. The van der Waals surface area contributed by atoms with Crippen molar-refractivity contribution in [2.45, 2.75) is 31.8 Å². The molecule has 0 saturated heterocycles. The van der Waals surface area contributed by atoms with Crippen molar-refractivity contribution in [3.05, 3.63) is 33.8 Å². The van der Waals surface area contributed by atoms with Crippen molar-refractivity contribution in [3.8, 4) is 0 Å². The largest absolute Gasteiger partial charge is 0.312 e. The summed E-state index contributed by atoms with van der Waals surface area (Å²) in [6.07, 6.45) is 1.63. The van der Waals surface area contributed by atoms with E-state index in [1.54, 1.807) is 17.6 Å². The molecular formula is C12H18N4O2S2. The molecule has 0 bridgehead atoms. The van der Waals surface area contributed by atoms with Crippen molar-refractivity contribution < 1.29 is 8.42 Å². The Hall–Kier alpha value is -1.22. The fourth-order valence-electron chi connectivity index (χ4n) is 1.65. The van der Waals surface area contributed by atoms with E-state index >= 15 is 0 Å². The van der Waals surface area contributed by atoms with Gasteiger partial charge in [-0.1, -0.05) is 6.92 Å². The molecule has 0 aliphatic carbocycles. The van der Waals surface area contributed by atoms with E-state index in [1.165, 1.54) is 11.3 Å². The normalized spacial score (nSPS) is 11.9. The first-order valence-corrected chi connectivity index (χ1v) is 8.66. The van der Waals surface area contributed by atoms with Gasteiger partial charge in [0.2, 0.25) is 10.0 Å². The number of aryl methyl sites for hydroxylation is 1. The van der Waals surface area contributed by atoms with Gasteiger partial charge in [-0.2, -0.15) is 5.10 Å². The van der Waals surface area contributed by atoms with Crippen LogP contribution in [0.2, 0.25) is 0 Å². The maximum absolute atomic E-state index is 12.2. The Morgan fingerprint density at radius 1 is 1.40 bits per heavy atom. The number of aromatic amines is 1. The summed E-state index contributed by atoms with van der Waals surface area (Å²) in [5.74, 6) is 0. The van der Waals surface area contributed by atoms with Crippen molar-refractivity contribution >= 4 is 21.4 Å². The molecule has 6 nitrogen and oxygen atoms in total. The van der Waals surface area contributed by atoms with Crippen LogP contribution in [0.25, 0.3) is 0 Å². The summed E-state index contributed by atoms with van der Waals surface area (Å²) in [6, 6.07) is 1.71. The van der Waals surface area contributed by atoms with Gasteiger partial charge in [0.15, 0.2) is 0 Å². The molecule has 0 aliphatic rings. The van der Waals surface area contributed by atoms with Crippen LogP contribution < -0.4 is 10.0 Å². The smallest absolute Gasteiger partial charge is 0.241 e. The van der Waals surface area contributed by atoms with Crippen molar-refractivity contribution in [1.29, 1.82) is 0 Å². The number of hydrogen-bond donors (Lipinski definition) is 3. The van der Waals surface area contributed by atoms with E-state index in [0.717, 1.165) is 22.7 Å². The Labute approximate surface area is 122 Å². The van der Waals surface area contributed by atoms with Crippen LogP contribution in [0.4, 0.5) is 0 Å². The molecule has 110 valence electrons. The maximum Gasteiger partial charge on any atom is 0.241 e. The SMILES string of the molecule is CCNCc1cc(S(=O)(=O)NCc2cn[nH]c2C)cs1. The lowest BCUT2D eigenvalue weighted by Crippen LogP contribution is -2.23. The van der Waals surface area contributed by atoms with Gasteiger partial charge in [0.1, 0.15) is 0 Å². The molecule has 0 spiro atoms. The lowest BCUT2D eigenvalue weighted by atomic mass is 10.3. The molecule has 20 heavy (non-hydrogen) atoms. The molecule has 2 aromatic rings. The van der Waals surface area contributed by atoms with Gasteiger partial charge >= 0.3 is 0 Å². The van der Waals surface area contributed by atoms with Crippen LogP contribution in [-0.2, 0) is 23.1 Å². The summed E-state index contributed by atoms with van der Waals surface area (Å²) in [7, 11) is -3.47. The number of nitrogens with zero attached hydrogens (tertiary/aromatic N) is 1. The van der Waals surface area contributed by atoms with Crippen molar-refractivity contribution in [3.63, 3.8) is 0 Å². The molecule has 0 atom stereocenters. The van der Waals surface area contributed by atoms with E-state index in [0.29, 0.717) is 11.4 Å². The lowest BCUT2D eigenvalue weighted by molar-refractivity contribution is 0.581. The number of rotatable bonds is 7. The molecule has 0 amide bonds. The minimum Gasteiger partial charge on any atom is -0.312 e. The highest BCUT2D eigenvalue weighted by atomic mass is 32.2. The lowest BCUT2D eigenvalue weighted by Gasteiger charge is -2.04. The van der Waals surface area contributed by atoms with Crippen LogP contribution in [0.15, 0.2) is 22.5 Å². The third-order valence-electron chi connectivity index (χ3n) is 2.88. The number of hydrogen-bond acceptors (Lipinski definition) is 5. The monoisotopic (exact) mass is 314 g/mol. The summed E-state index contributed by atoms with van der Waals surface area (Å²) in [4.78, 5) is 1.32. The van der Waals surface area contributed by atoms with Gasteiger partial charge in [0.25, 0.3) is 0 Å². The number of nitrogens with one attached hydrogen (secondary N) is 3. The summed E-state index contributed by atoms with van der Waals surface area (Å²) < 4.78 is 26.9. The van der Waals surface area contributed by atoms with E-state index in [4.69, 9.17) is 0 Å². The van der Waals surface area contributed by atoms with Crippen molar-refractivity contribution in [2.24, 2.45) is 0 Å². The molecule has 0 aliphatic heterocycles. The predicted molar refractivity (Wildman–Crippen MR) is 79.0 cm³/mol. The molecule has 2 rings (SSSR count). The summed E-state index contributed by atoms with van der Waals surface area (Å²) in [5.41, 5.74) is 1.71. The van der Waals surface area contributed by atoms with Crippen LogP contribution in [0.1, 0.15) is 23.1 Å². The first-order chi connectivity index (χ1) is 9.53. The van der Waals surface area contributed by atoms with Crippen LogP contribution in [0.5, 0.6) is 0 Å². The van der Waals surface area contributed by atoms with Crippen LogP contribution >= 0.6 is 11.3 Å². The average molecular weight is 314 g/mol. The Bertz CT molecular complexity index is 661. The van der Waals surface area contributed by atoms with Crippen molar-refractivity contribution in [2.75, 3.05) is 6.54 Å². The van der Waals surface area contributed by atoms with Gasteiger partial charge in [-0.05, 0) is 19.5 Å². The molecule has 0 aromatic carbocycles. The van der Waals surface area contributed by atoms with Gasteiger partial charge < -0.3 is 5.32 Å². The second kappa shape index (κ2) is 6.49. The van der Waals surface area contributed by atoms with E-state index in [-0.39, 0.29) is 6.54 Å². The van der Waals surface area contributed by atoms with E-state index < -0.39 is 10.0 Å². The first-order valence-electron chi connectivity index (χ1n) is 6.29. The zero-order valence-electron chi connectivity index (χ0n) is 11.4. The molecule has 0 unspecified atom stereocenters. The minimum absolute atomic E-state index is 0.239. The third-order valence-corrected chi connectivity index (χ3v) is 5.34. The topological polar surface area (TPSA) is 86.9 Å². The highest BCUT2D eigenvalue weighted by molar-refractivity contribution is 7.89. The van der Waals surface area contributed by atoms with Crippen LogP contribution in [0.3, 0.4) is 0 Å². The van der Waals surface area contributed by atoms with E-state index in [9.17, 15) is 8.42 Å². The van der Waals surface area contributed by atoms with Crippen molar-refractivity contribution in [1.82, 2.24) is 20.2 Å². The Balaban J connectivity index is 2.03. The Morgan fingerprint density at radius 3 is 2.85 bits per heavy atom. The number of aromatic nitrogens is 2. The molecule has 2 aromatic heterocycles. The molecule has 0 fully saturated rings. The number of sulfonamides is 1. The summed E-state index contributed by atoms with van der Waals surface area (Å²) in [6.45, 7) is 5.66. The summed E-state index contributed by atoms with van der Waals surface area (Å²) >= 11 is 1.44. The standard InChI is InChI=1S/C12H18N4O2S2/c1-3-13-7-11-4-12(8-19-11)20(17,18)15-6-10-5-14-16-9(10)2/h4-5,8,13,15H,3,6-7H2,1-2H3,(H,14,16). The van der Waals surface area contributed by atoms with Gasteiger partial charge in [-0.15, -0.1) is 11.3 Å². The van der Waals surface area contributed by atoms with Gasteiger partial charge in [-0.3, -0.25) is 5.10 Å². The zero-order chi connectivity index (χ0) is 14.6. The maximum atomic E-state index is 12.2. The zero-order valence-corrected chi connectivity index (χ0v) is 13.1. The molecule has 0 radical (unpaired) electrons. The second-order valence-corrected chi connectivity index (χ2v) is 7.14. The van der Waals surface area contributed by atoms with Gasteiger partial charge in [0, 0.05) is 34.6 Å². The highest BCUT2D eigenvalue weighted by Gasteiger charge is 2.16. The Kier molecular flexibility index (Phi) is 4.92. The average Bonchev–Trinajstić information content (AvgIpc) is 3.03. The number of thiophene rings is 1. The molecule has 3 N–H and O–H groups in total. The highest BCUT2D eigenvalue weighted by Crippen LogP contribution is 2.19. The van der Waals surface area contributed by atoms with Gasteiger partial charge in [0.05, 0.1) is 11.1 Å². The minimum atomic E-state index is -3.47.